The van der Waals surface area contributed by atoms with Gasteiger partial charge in [-0.2, -0.15) is 0 Å². The third kappa shape index (κ3) is 4.00. The SMILES string of the molecule is C[C@@H](NCCc1ccc2c(c1)CCO2)C1CCCCCC1. The first kappa shape index (κ1) is 14.9. The van der Waals surface area contributed by atoms with Gasteiger partial charge in [-0.1, -0.05) is 37.8 Å². The Morgan fingerprint density at radius 2 is 2.00 bits per heavy atom. The molecular formula is C19H29NO. The van der Waals surface area contributed by atoms with E-state index in [0.29, 0.717) is 6.04 Å². The Morgan fingerprint density at radius 3 is 2.81 bits per heavy atom. The maximum atomic E-state index is 5.57. The molecule has 21 heavy (non-hydrogen) atoms. The highest BCUT2D eigenvalue weighted by Crippen LogP contribution is 2.27. The van der Waals surface area contributed by atoms with E-state index in [0.717, 1.165) is 37.7 Å². The molecule has 2 nitrogen and oxygen atoms in total. The van der Waals surface area contributed by atoms with E-state index in [1.165, 1.54) is 49.7 Å². The van der Waals surface area contributed by atoms with Crippen LogP contribution in [-0.4, -0.2) is 19.2 Å². The van der Waals surface area contributed by atoms with Crippen LogP contribution >= 0.6 is 0 Å². The molecule has 0 unspecified atom stereocenters. The van der Waals surface area contributed by atoms with Gasteiger partial charge < -0.3 is 10.1 Å². The van der Waals surface area contributed by atoms with Gasteiger partial charge in [0.1, 0.15) is 5.75 Å². The van der Waals surface area contributed by atoms with Gasteiger partial charge in [0.15, 0.2) is 0 Å². The molecule has 0 bridgehead atoms. The van der Waals surface area contributed by atoms with Gasteiger partial charge in [0.25, 0.3) is 0 Å². The fraction of sp³-hybridized carbons (Fsp3) is 0.684. The zero-order valence-electron chi connectivity index (χ0n) is 13.4. The van der Waals surface area contributed by atoms with Crippen LogP contribution in [0.25, 0.3) is 0 Å². The molecule has 0 aromatic heterocycles. The average Bonchev–Trinajstić information content (AvgIpc) is 2.79. The Hall–Kier alpha value is -1.02. The molecule has 1 aliphatic carbocycles. The Bertz CT molecular complexity index is 449. The second-order valence-corrected chi connectivity index (χ2v) is 6.78. The minimum Gasteiger partial charge on any atom is -0.493 e. The lowest BCUT2D eigenvalue weighted by atomic mass is 9.93. The zero-order valence-corrected chi connectivity index (χ0v) is 13.4. The number of fused-ring (bicyclic) bond motifs is 1. The number of benzene rings is 1. The van der Waals surface area contributed by atoms with Crippen molar-refractivity contribution >= 4 is 0 Å². The van der Waals surface area contributed by atoms with E-state index in [1.54, 1.807) is 0 Å². The average molecular weight is 287 g/mol. The lowest BCUT2D eigenvalue weighted by Gasteiger charge is -2.23. The van der Waals surface area contributed by atoms with Gasteiger partial charge in [-0.15, -0.1) is 0 Å². The van der Waals surface area contributed by atoms with Crippen molar-refractivity contribution in [2.45, 2.75) is 64.3 Å². The monoisotopic (exact) mass is 287 g/mol. The molecule has 1 heterocycles. The lowest BCUT2D eigenvalue weighted by molar-refractivity contribution is 0.339. The second-order valence-electron chi connectivity index (χ2n) is 6.78. The predicted molar refractivity (Wildman–Crippen MR) is 88.0 cm³/mol. The number of ether oxygens (including phenoxy) is 1. The fourth-order valence-corrected chi connectivity index (χ4v) is 3.82. The lowest BCUT2D eigenvalue weighted by Crippen LogP contribution is -2.34. The van der Waals surface area contributed by atoms with Gasteiger partial charge in [-0.3, -0.25) is 0 Å². The summed E-state index contributed by atoms with van der Waals surface area (Å²) >= 11 is 0. The van der Waals surface area contributed by atoms with Crippen LogP contribution in [0.4, 0.5) is 0 Å². The first-order valence-electron chi connectivity index (χ1n) is 8.81. The summed E-state index contributed by atoms with van der Waals surface area (Å²) in [6, 6.07) is 7.37. The van der Waals surface area contributed by atoms with Crippen LogP contribution in [0, 0.1) is 5.92 Å². The van der Waals surface area contributed by atoms with E-state index >= 15 is 0 Å². The number of hydrogen-bond acceptors (Lipinski definition) is 2. The quantitative estimate of drug-likeness (QED) is 0.823. The van der Waals surface area contributed by atoms with Crippen molar-refractivity contribution in [3.63, 3.8) is 0 Å². The maximum absolute atomic E-state index is 5.57. The van der Waals surface area contributed by atoms with Crippen LogP contribution in [0.1, 0.15) is 56.6 Å². The minimum absolute atomic E-state index is 0.667. The normalized spacial score (nSPS) is 20.6. The molecule has 0 radical (unpaired) electrons. The highest BCUT2D eigenvalue weighted by atomic mass is 16.5. The molecule has 0 spiro atoms. The number of rotatable bonds is 5. The molecule has 2 heteroatoms. The van der Waals surface area contributed by atoms with Crippen LogP contribution in [0.15, 0.2) is 18.2 Å². The summed E-state index contributed by atoms with van der Waals surface area (Å²) < 4.78 is 5.57. The molecule has 1 aliphatic heterocycles. The van der Waals surface area contributed by atoms with E-state index < -0.39 is 0 Å². The largest absolute Gasteiger partial charge is 0.493 e. The summed E-state index contributed by atoms with van der Waals surface area (Å²) in [5.74, 6) is 1.99. The van der Waals surface area contributed by atoms with E-state index in [1.807, 2.05) is 0 Å². The summed E-state index contributed by atoms with van der Waals surface area (Å²) in [5.41, 5.74) is 2.84. The standard InChI is InChI=1S/C19H29NO/c1-15(17-6-4-2-3-5-7-17)20-12-10-16-8-9-19-18(14-16)11-13-21-19/h8-9,14-15,17,20H,2-7,10-13H2,1H3/t15-/m1/s1. The molecule has 1 aromatic carbocycles. The van der Waals surface area contributed by atoms with Crippen molar-refractivity contribution in [1.29, 1.82) is 0 Å². The van der Waals surface area contributed by atoms with Crippen molar-refractivity contribution < 1.29 is 4.74 Å². The summed E-state index contributed by atoms with van der Waals surface area (Å²) in [6.45, 7) is 4.33. The topological polar surface area (TPSA) is 21.3 Å². The third-order valence-corrected chi connectivity index (χ3v) is 5.24. The molecular weight excluding hydrogens is 258 g/mol. The van der Waals surface area contributed by atoms with Crippen LogP contribution in [0.2, 0.25) is 0 Å². The van der Waals surface area contributed by atoms with Crippen LogP contribution < -0.4 is 10.1 Å². The highest BCUT2D eigenvalue weighted by Gasteiger charge is 2.18. The Balaban J connectivity index is 1.44. The first-order valence-corrected chi connectivity index (χ1v) is 8.81. The van der Waals surface area contributed by atoms with Gasteiger partial charge >= 0.3 is 0 Å². The molecule has 3 rings (SSSR count). The Morgan fingerprint density at radius 1 is 1.19 bits per heavy atom. The van der Waals surface area contributed by atoms with Crippen LogP contribution in [0.5, 0.6) is 5.75 Å². The summed E-state index contributed by atoms with van der Waals surface area (Å²) in [6.07, 6.45) is 10.8. The van der Waals surface area contributed by atoms with Crippen molar-refractivity contribution in [1.82, 2.24) is 5.32 Å². The molecule has 2 aliphatic rings. The van der Waals surface area contributed by atoms with Gasteiger partial charge in [0, 0.05) is 12.5 Å². The van der Waals surface area contributed by atoms with Gasteiger partial charge in [-0.05, 0) is 55.8 Å². The molecule has 1 fully saturated rings. The third-order valence-electron chi connectivity index (χ3n) is 5.24. The van der Waals surface area contributed by atoms with Gasteiger partial charge in [0.05, 0.1) is 6.61 Å². The van der Waals surface area contributed by atoms with E-state index in [4.69, 9.17) is 4.74 Å². The molecule has 1 aromatic rings. The minimum atomic E-state index is 0.667. The van der Waals surface area contributed by atoms with Crippen molar-refractivity contribution in [3.8, 4) is 5.75 Å². The van der Waals surface area contributed by atoms with Crippen molar-refractivity contribution in [2.75, 3.05) is 13.2 Å². The highest BCUT2D eigenvalue weighted by molar-refractivity contribution is 5.39. The molecule has 0 saturated heterocycles. The summed E-state index contributed by atoms with van der Waals surface area (Å²) in [5, 5.41) is 3.77. The number of hydrogen-bond donors (Lipinski definition) is 1. The second kappa shape index (κ2) is 7.31. The van der Waals surface area contributed by atoms with Gasteiger partial charge in [0.2, 0.25) is 0 Å². The predicted octanol–water partition coefficient (Wildman–Crippen LogP) is 4.11. The van der Waals surface area contributed by atoms with Crippen molar-refractivity contribution in [3.05, 3.63) is 29.3 Å². The van der Waals surface area contributed by atoms with E-state index in [9.17, 15) is 0 Å². The van der Waals surface area contributed by atoms with E-state index in [-0.39, 0.29) is 0 Å². The van der Waals surface area contributed by atoms with Crippen LogP contribution in [0.3, 0.4) is 0 Å². The smallest absolute Gasteiger partial charge is 0.122 e. The zero-order chi connectivity index (χ0) is 14.5. The molecule has 1 atom stereocenters. The maximum Gasteiger partial charge on any atom is 0.122 e. The first-order chi connectivity index (χ1) is 10.3. The molecule has 0 amide bonds. The van der Waals surface area contributed by atoms with E-state index in [2.05, 4.69) is 30.4 Å². The Kier molecular flexibility index (Phi) is 5.18. The number of nitrogens with one attached hydrogen (secondary N) is 1. The molecule has 1 saturated carbocycles. The molecule has 1 N–H and O–H groups in total. The molecule has 116 valence electrons. The fourth-order valence-electron chi connectivity index (χ4n) is 3.82. The summed E-state index contributed by atoms with van der Waals surface area (Å²) in [7, 11) is 0. The van der Waals surface area contributed by atoms with Crippen LogP contribution in [-0.2, 0) is 12.8 Å². The Labute approximate surface area is 129 Å². The summed E-state index contributed by atoms with van der Waals surface area (Å²) in [4.78, 5) is 0. The van der Waals surface area contributed by atoms with Gasteiger partial charge in [-0.25, -0.2) is 0 Å². The van der Waals surface area contributed by atoms with Crippen molar-refractivity contribution in [2.24, 2.45) is 5.92 Å².